The Morgan fingerprint density at radius 2 is 2.19 bits per heavy atom. The van der Waals surface area contributed by atoms with E-state index < -0.39 is 0 Å². The van der Waals surface area contributed by atoms with Gasteiger partial charge in [-0.05, 0) is 37.8 Å². The molecule has 1 aromatic carbocycles. The SMILES string of the molecule is Cc1ccc2onc(CC(=O)N[C@H]3CCCC[C@@H]3C)c2c1. The molecule has 21 heavy (non-hydrogen) atoms. The molecule has 0 bridgehead atoms. The van der Waals surface area contributed by atoms with Crippen LogP contribution in [0.3, 0.4) is 0 Å². The third-order valence-corrected chi connectivity index (χ3v) is 4.49. The third-order valence-electron chi connectivity index (χ3n) is 4.49. The molecule has 1 aliphatic carbocycles. The van der Waals surface area contributed by atoms with Gasteiger partial charge in [-0.15, -0.1) is 0 Å². The van der Waals surface area contributed by atoms with Crippen LogP contribution >= 0.6 is 0 Å². The predicted molar refractivity (Wildman–Crippen MR) is 82.0 cm³/mol. The Labute approximate surface area is 124 Å². The molecular weight excluding hydrogens is 264 g/mol. The molecule has 112 valence electrons. The summed E-state index contributed by atoms with van der Waals surface area (Å²) in [6, 6.07) is 6.23. The van der Waals surface area contributed by atoms with E-state index in [1.807, 2.05) is 25.1 Å². The minimum Gasteiger partial charge on any atom is -0.356 e. The number of aromatic nitrogens is 1. The molecule has 2 aromatic rings. The molecule has 1 aromatic heterocycles. The number of carbonyl (C=O) groups excluding carboxylic acids is 1. The van der Waals surface area contributed by atoms with Crippen LogP contribution in [-0.2, 0) is 11.2 Å². The number of aryl methyl sites for hydroxylation is 1. The summed E-state index contributed by atoms with van der Waals surface area (Å²) < 4.78 is 5.29. The lowest BCUT2D eigenvalue weighted by molar-refractivity contribution is -0.121. The Kier molecular flexibility index (Phi) is 3.95. The molecule has 1 heterocycles. The molecule has 3 rings (SSSR count). The summed E-state index contributed by atoms with van der Waals surface area (Å²) in [5.41, 5.74) is 2.62. The molecule has 0 spiro atoms. The van der Waals surface area contributed by atoms with Crippen LogP contribution in [0.5, 0.6) is 0 Å². The second-order valence-electron chi connectivity index (χ2n) is 6.24. The monoisotopic (exact) mass is 286 g/mol. The van der Waals surface area contributed by atoms with Gasteiger partial charge in [0.15, 0.2) is 5.58 Å². The van der Waals surface area contributed by atoms with Crippen molar-refractivity contribution in [2.75, 3.05) is 0 Å². The number of fused-ring (bicyclic) bond motifs is 1. The predicted octanol–water partition coefficient (Wildman–Crippen LogP) is 3.37. The van der Waals surface area contributed by atoms with E-state index in [1.54, 1.807) is 0 Å². The van der Waals surface area contributed by atoms with Crippen LogP contribution in [0, 0.1) is 12.8 Å². The van der Waals surface area contributed by atoms with Gasteiger partial charge in [0.1, 0.15) is 5.69 Å². The summed E-state index contributed by atoms with van der Waals surface area (Å²) in [6.45, 7) is 4.25. The van der Waals surface area contributed by atoms with E-state index in [-0.39, 0.29) is 5.91 Å². The number of amides is 1. The normalized spacial score (nSPS) is 22.4. The Morgan fingerprint density at radius 3 is 3.00 bits per heavy atom. The van der Waals surface area contributed by atoms with Crippen LogP contribution in [0.2, 0.25) is 0 Å². The van der Waals surface area contributed by atoms with Crippen molar-refractivity contribution >= 4 is 16.9 Å². The highest BCUT2D eigenvalue weighted by molar-refractivity contribution is 5.86. The molecule has 0 aliphatic heterocycles. The summed E-state index contributed by atoms with van der Waals surface area (Å²) in [7, 11) is 0. The highest BCUT2D eigenvalue weighted by Gasteiger charge is 2.23. The lowest BCUT2D eigenvalue weighted by atomic mass is 9.86. The molecule has 1 saturated carbocycles. The number of benzene rings is 1. The van der Waals surface area contributed by atoms with Gasteiger partial charge in [0, 0.05) is 11.4 Å². The van der Waals surface area contributed by atoms with Crippen molar-refractivity contribution in [1.29, 1.82) is 0 Å². The first-order chi connectivity index (χ1) is 10.1. The Bertz CT molecular complexity index is 647. The van der Waals surface area contributed by atoms with E-state index >= 15 is 0 Å². The first-order valence-corrected chi connectivity index (χ1v) is 7.78. The second kappa shape index (κ2) is 5.88. The van der Waals surface area contributed by atoms with Crippen LogP contribution in [0.4, 0.5) is 0 Å². The van der Waals surface area contributed by atoms with Gasteiger partial charge in [-0.25, -0.2) is 0 Å². The lowest BCUT2D eigenvalue weighted by Gasteiger charge is -2.29. The molecule has 4 nitrogen and oxygen atoms in total. The molecule has 4 heteroatoms. The highest BCUT2D eigenvalue weighted by Crippen LogP contribution is 2.24. The largest absolute Gasteiger partial charge is 0.356 e. The number of hydrogen-bond donors (Lipinski definition) is 1. The van der Waals surface area contributed by atoms with Crippen LogP contribution in [0.15, 0.2) is 22.7 Å². The van der Waals surface area contributed by atoms with E-state index in [0.717, 1.165) is 28.6 Å². The second-order valence-corrected chi connectivity index (χ2v) is 6.24. The summed E-state index contributed by atoms with van der Waals surface area (Å²) in [5.74, 6) is 0.615. The minimum absolute atomic E-state index is 0.0467. The summed E-state index contributed by atoms with van der Waals surface area (Å²) in [5, 5.41) is 8.16. The average molecular weight is 286 g/mol. The maximum atomic E-state index is 12.3. The van der Waals surface area contributed by atoms with Crippen LogP contribution < -0.4 is 5.32 Å². The number of hydrogen-bond acceptors (Lipinski definition) is 3. The fourth-order valence-corrected chi connectivity index (χ4v) is 3.17. The molecule has 1 aliphatic rings. The molecule has 0 unspecified atom stereocenters. The third kappa shape index (κ3) is 3.09. The van der Waals surface area contributed by atoms with Gasteiger partial charge in [0.2, 0.25) is 5.91 Å². The van der Waals surface area contributed by atoms with Gasteiger partial charge >= 0.3 is 0 Å². The van der Waals surface area contributed by atoms with Crippen molar-refractivity contribution in [2.24, 2.45) is 5.92 Å². The van der Waals surface area contributed by atoms with Crippen molar-refractivity contribution in [3.05, 3.63) is 29.5 Å². The number of rotatable bonds is 3. The highest BCUT2D eigenvalue weighted by atomic mass is 16.5. The molecule has 0 saturated heterocycles. The van der Waals surface area contributed by atoms with Crippen molar-refractivity contribution in [3.63, 3.8) is 0 Å². The minimum atomic E-state index is 0.0467. The van der Waals surface area contributed by atoms with Crippen molar-refractivity contribution in [3.8, 4) is 0 Å². The lowest BCUT2D eigenvalue weighted by Crippen LogP contribution is -2.41. The Morgan fingerprint density at radius 1 is 1.38 bits per heavy atom. The number of carbonyl (C=O) groups is 1. The van der Waals surface area contributed by atoms with Crippen molar-refractivity contribution in [2.45, 2.75) is 52.0 Å². The maximum absolute atomic E-state index is 12.3. The van der Waals surface area contributed by atoms with Crippen LogP contribution in [0.1, 0.15) is 43.9 Å². The van der Waals surface area contributed by atoms with Gasteiger partial charge in [-0.3, -0.25) is 4.79 Å². The van der Waals surface area contributed by atoms with Gasteiger partial charge < -0.3 is 9.84 Å². The summed E-state index contributed by atoms with van der Waals surface area (Å²) >= 11 is 0. The maximum Gasteiger partial charge on any atom is 0.226 e. The van der Waals surface area contributed by atoms with E-state index in [4.69, 9.17) is 4.52 Å². The van der Waals surface area contributed by atoms with Gasteiger partial charge in [-0.1, -0.05) is 36.6 Å². The molecule has 1 N–H and O–H groups in total. The van der Waals surface area contributed by atoms with Crippen molar-refractivity contribution < 1.29 is 9.32 Å². The summed E-state index contributed by atoms with van der Waals surface area (Å²) in [4.78, 5) is 12.3. The first-order valence-electron chi connectivity index (χ1n) is 7.78. The quantitative estimate of drug-likeness (QED) is 0.941. The fourth-order valence-electron chi connectivity index (χ4n) is 3.17. The van der Waals surface area contributed by atoms with Gasteiger partial charge in [0.05, 0.1) is 6.42 Å². The van der Waals surface area contributed by atoms with E-state index in [1.165, 1.54) is 19.3 Å². The fraction of sp³-hybridized carbons (Fsp3) is 0.529. The summed E-state index contributed by atoms with van der Waals surface area (Å²) in [6.07, 6.45) is 5.07. The molecule has 2 atom stereocenters. The van der Waals surface area contributed by atoms with Crippen molar-refractivity contribution in [1.82, 2.24) is 10.5 Å². The molecule has 1 amide bonds. The number of nitrogens with zero attached hydrogens (tertiary/aromatic N) is 1. The Hall–Kier alpha value is -1.84. The van der Waals surface area contributed by atoms with Crippen LogP contribution in [-0.4, -0.2) is 17.1 Å². The standard InChI is InChI=1S/C17H22N2O2/c1-11-7-8-16-13(9-11)15(19-21-16)10-17(20)18-14-6-4-3-5-12(14)2/h7-9,12,14H,3-6,10H2,1-2H3,(H,18,20)/t12-,14-/m0/s1. The molecule has 1 fully saturated rings. The van der Waals surface area contributed by atoms with Crippen LogP contribution in [0.25, 0.3) is 11.0 Å². The molecule has 0 radical (unpaired) electrons. The van der Waals surface area contributed by atoms with Gasteiger partial charge in [-0.2, -0.15) is 0 Å². The first kappa shape index (κ1) is 14.1. The number of nitrogens with one attached hydrogen (secondary N) is 1. The van der Waals surface area contributed by atoms with E-state index in [2.05, 4.69) is 17.4 Å². The topological polar surface area (TPSA) is 55.1 Å². The smallest absolute Gasteiger partial charge is 0.226 e. The Balaban J connectivity index is 1.70. The zero-order valence-electron chi connectivity index (χ0n) is 12.7. The molecular formula is C17H22N2O2. The zero-order chi connectivity index (χ0) is 14.8. The van der Waals surface area contributed by atoms with E-state index in [0.29, 0.717) is 18.4 Å². The van der Waals surface area contributed by atoms with Gasteiger partial charge in [0.25, 0.3) is 0 Å². The average Bonchev–Trinajstić information content (AvgIpc) is 2.84. The zero-order valence-corrected chi connectivity index (χ0v) is 12.7. The van der Waals surface area contributed by atoms with E-state index in [9.17, 15) is 4.79 Å².